The Hall–Kier alpha value is -2.22. The number of ether oxygens (including phenoxy) is 1. The van der Waals surface area contributed by atoms with Gasteiger partial charge in [0.25, 0.3) is 0 Å². The zero-order chi connectivity index (χ0) is 23.4. The van der Waals surface area contributed by atoms with Crippen LogP contribution in [0.5, 0.6) is 0 Å². The second kappa shape index (κ2) is 10.4. The minimum atomic E-state index is -3.79. The molecule has 0 bridgehead atoms. The largest absolute Gasteiger partial charge is 0.454 e. The maximum atomic E-state index is 12.9. The maximum Gasteiger partial charge on any atom is 0.338 e. The second-order valence-electron chi connectivity index (χ2n) is 8.71. The molecule has 0 radical (unpaired) electrons. The van der Waals surface area contributed by atoms with E-state index in [2.05, 4.69) is 0 Å². The zero-order valence-electron chi connectivity index (χ0n) is 18.5. The number of hydrogen-bond donors (Lipinski definition) is 0. The van der Waals surface area contributed by atoms with Gasteiger partial charge in [-0.2, -0.15) is 4.31 Å². The lowest BCUT2D eigenvalue weighted by Gasteiger charge is -2.22. The molecule has 2 aromatic carbocycles. The molecule has 0 aromatic heterocycles. The lowest BCUT2D eigenvalue weighted by molar-refractivity contribution is 0.0474. The van der Waals surface area contributed by atoms with Gasteiger partial charge in [-0.05, 0) is 55.4 Å². The third-order valence-electron chi connectivity index (χ3n) is 6.49. The SMILES string of the molecule is O=C(COC(=O)c1ccc(Cl)c(S(=O)(=O)N2CCCC2)c1)c1ccc(C2CCCCC2)cc1. The molecule has 2 fully saturated rings. The highest BCUT2D eigenvalue weighted by molar-refractivity contribution is 7.89. The molecular formula is C25H28ClNO5S. The molecule has 0 unspecified atom stereocenters. The fourth-order valence-electron chi connectivity index (χ4n) is 4.57. The smallest absolute Gasteiger partial charge is 0.338 e. The summed E-state index contributed by atoms with van der Waals surface area (Å²) in [4.78, 5) is 24.9. The first-order chi connectivity index (χ1) is 15.9. The van der Waals surface area contributed by atoms with Gasteiger partial charge in [-0.15, -0.1) is 0 Å². The normalized spacial score (nSPS) is 17.7. The highest BCUT2D eigenvalue weighted by Gasteiger charge is 2.30. The molecule has 0 N–H and O–H groups in total. The van der Waals surface area contributed by atoms with E-state index < -0.39 is 22.6 Å². The van der Waals surface area contributed by atoms with Crippen LogP contribution in [0.15, 0.2) is 47.4 Å². The van der Waals surface area contributed by atoms with E-state index >= 15 is 0 Å². The summed E-state index contributed by atoms with van der Waals surface area (Å²) in [5.41, 5.74) is 1.77. The van der Waals surface area contributed by atoms with E-state index in [-0.39, 0.29) is 21.3 Å². The Morgan fingerprint density at radius 2 is 1.55 bits per heavy atom. The first kappa shape index (κ1) is 23.9. The van der Waals surface area contributed by atoms with Gasteiger partial charge in [-0.1, -0.05) is 55.1 Å². The number of sulfonamides is 1. The summed E-state index contributed by atoms with van der Waals surface area (Å²) in [7, 11) is -3.79. The highest BCUT2D eigenvalue weighted by Crippen LogP contribution is 2.32. The van der Waals surface area contributed by atoms with Gasteiger partial charge in [0.1, 0.15) is 4.90 Å². The van der Waals surface area contributed by atoms with Crippen molar-refractivity contribution in [2.45, 2.75) is 55.8 Å². The number of halogens is 1. The van der Waals surface area contributed by atoms with Crippen LogP contribution in [-0.2, 0) is 14.8 Å². The molecular weight excluding hydrogens is 462 g/mol. The lowest BCUT2D eigenvalue weighted by Crippen LogP contribution is -2.28. The molecule has 1 heterocycles. The summed E-state index contributed by atoms with van der Waals surface area (Å²) >= 11 is 6.13. The summed E-state index contributed by atoms with van der Waals surface area (Å²) in [6.45, 7) is 0.446. The van der Waals surface area contributed by atoms with E-state index in [1.165, 1.54) is 60.2 Å². The van der Waals surface area contributed by atoms with Crippen LogP contribution in [0.1, 0.15) is 77.1 Å². The van der Waals surface area contributed by atoms with Gasteiger partial charge in [0, 0.05) is 18.7 Å². The molecule has 1 aliphatic heterocycles. The number of benzene rings is 2. The molecule has 0 amide bonds. The van der Waals surface area contributed by atoms with Crippen LogP contribution in [0.25, 0.3) is 0 Å². The average Bonchev–Trinajstić information content (AvgIpc) is 3.39. The number of esters is 1. The fraction of sp³-hybridized carbons (Fsp3) is 0.440. The molecule has 33 heavy (non-hydrogen) atoms. The van der Waals surface area contributed by atoms with Crippen molar-refractivity contribution >= 4 is 33.4 Å². The number of carbonyl (C=O) groups excluding carboxylic acids is 2. The molecule has 1 saturated heterocycles. The summed E-state index contributed by atoms with van der Waals surface area (Å²) in [5.74, 6) is -0.522. The Morgan fingerprint density at radius 1 is 0.909 bits per heavy atom. The minimum absolute atomic E-state index is 0.0395. The van der Waals surface area contributed by atoms with E-state index in [0.29, 0.717) is 24.6 Å². The van der Waals surface area contributed by atoms with Crippen molar-refractivity contribution in [2.24, 2.45) is 0 Å². The van der Waals surface area contributed by atoms with Gasteiger partial charge in [-0.25, -0.2) is 13.2 Å². The third kappa shape index (κ3) is 5.48. The number of Topliss-reactive ketones (excluding diaryl/α,β-unsaturated/α-hetero) is 1. The van der Waals surface area contributed by atoms with Crippen molar-refractivity contribution < 1.29 is 22.7 Å². The molecule has 4 rings (SSSR count). The molecule has 0 spiro atoms. The monoisotopic (exact) mass is 489 g/mol. The van der Waals surface area contributed by atoms with E-state index in [4.69, 9.17) is 16.3 Å². The molecule has 6 nitrogen and oxygen atoms in total. The first-order valence-electron chi connectivity index (χ1n) is 11.5. The molecule has 1 saturated carbocycles. The number of hydrogen-bond acceptors (Lipinski definition) is 5. The Bertz CT molecular complexity index is 1120. The molecule has 0 atom stereocenters. The van der Waals surface area contributed by atoms with Gasteiger partial charge in [-0.3, -0.25) is 4.79 Å². The van der Waals surface area contributed by atoms with Gasteiger partial charge < -0.3 is 4.74 Å². The second-order valence-corrected chi connectivity index (χ2v) is 11.0. The van der Waals surface area contributed by atoms with Crippen LogP contribution in [0.2, 0.25) is 5.02 Å². The minimum Gasteiger partial charge on any atom is -0.454 e. The quantitative estimate of drug-likeness (QED) is 0.394. The average molecular weight is 490 g/mol. The Kier molecular flexibility index (Phi) is 7.51. The summed E-state index contributed by atoms with van der Waals surface area (Å²) in [6.07, 6.45) is 7.73. The van der Waals surface area contributed by atoms with Crippen molar-refractivity contribution in [1.82, 2.24) is 4.31 Å². The van der Waals surface area contributed by atoms with E-state index in [9.17, 15) is 18.0 Å². The van der Waals surface area contributed by atoms with Gasteiger partial charge in [0.2, 0.25) is 10.0 Å². The molecule has 1 aliphatic carbocycles. The van der Waals surface area contributed by atoms with E-state index in [1.54, 1.807) is 12.1 Å². The Balaban J connectivity index is 1.40. The number of nitrogens with zero attached hydrogens (tertiary/aromatic N) is 1. The van der Waals surface area contributed by atoms with Crippen LogP contribution in [0.3, 0.4) is 0 Å². The maximum absolute atomic E-state index is 12.9. The summed E-state index contributed by atoms with van der Waals surface area (Å²) in [6, 6.07) is 11.5. The number of ketones is 1. The van der Waals surface area contributed by atoms with Crippen LogP contribution < -0.4 is 0 Å². The highest BCUT2D eigenvalue weighted by atomic mass is 35.5. The third-order valence-corrected chi connectivity index (χ3v) is 8.87. The molecule has 176 valence electrons. The van der Waals surface area contributed by atoms with E-state index in [0.717, 1.165) is 12.8 Å². The van der Waals surface area contributed by atoms with Crippen LogP contribution in [0.4, 0.5) is 0 Å². The van der Waals surface area contributed by atoms with Crippen molar-refractivity contribution in [3.63, 3.8) is 0 Å². The zero-order valence-corrected chi connectivity index (χ0v) is 20.0. The van der Waals surface area contributed by atoms with Crippen LogP contribution in [-0.4, -0.2) is 44.2 Å². The van der Waals surface area contributed by atoms with Gasteiger partial charge in [0.05, 0.1) is 10.6 Å². The predicted molar refractivity (Wildman–Crippen MR) is 126 cm³/mol. The summed E-state index contributed by atoms with van der Waals surface area (Å²) in [5, 5.41) is 0.0487. The Labute approximate surface area is 199 Å². The van der Waals surface area contributed by atoms with Crippen LogP contribution >= 0.6 is 11.6 Å². The van der Waals surface area contributed by atoms with Gasteiger partial charge in [0.15, 0.2) is 12.4 Å². The molecule has 2 aliphatic rings. The lowest BCUT2D eigenvalue weighted by atomic mass is 9.84. The predicted octanol–water partition coefficient (Wildman–Crippen LogP) is 5.21. The van der Waals surface area contributed by atoms with Gasteiger partial charge >= 0.3 is 5.97 Å². The van der Waals surface area contributed by atoms with E-state index in [1.807, 2.05) is 12.1 Å². The molecule has 8 heteroatoms. The van der Waals surface area contributed by atoms with Crippen molar-refractivity contribution in [1.29, 1.82) is 0 Å². The number of rotatable bonds is 7. The first-order valence-corrected chi connectivity index (χ1v) is 13.3. The topological polar surface area (TPSA) is 80.8 Å². The number of carbonyl (C=O) groups is 2. The fourth-order valence-corrected chi connectivity index (χ4v) is 6.59. The summed E-state index contributed by atoms with van der Waals surface area (Å²) < 4.78 is 32.3. The molecule has 2 aromatic rings. The van der Waals surface area contributed by atoms with Crippen molar-refractivity contribution in [3.05, 3.63) is 64.2 Å². The standard InChI is InChI=1S/C25H28ClNO5S/c26-22-13-12-21(16-24(22)33(30,31)27-14-4-5-15-27)25(29)32-17-23(28)20-10-8-19(9-11-20)18-6-2-1-3-7-18/h8-13,16,18H,1-7,14-15,17H2. The van der Waals surface area contributed by atoms with Crippen LogP contribution in [0, 0.1) is 0 Å². The Morgan fingerprint density at radius 3 is 2.21 bits per heavy atom. The van der Waals surface area contributed by atoms with Crippen molar-refractivity contribution in [2.75, 3.05) is 19.7 Å². The van der Waals surface area contributed by atoms with Crippen molar-refractivity contribution in [3.8, 4) is 0 Å².